The van der Waals surface area contributed by atoms with Gasteiger partial charge >= 0.3 is 5.97 Å². The second kappa shape index (κ2) is 10.5. The number of amides is 1. The SMILES string of the molecule is CS(=O)(=O)N1CCC[C@]1(C(=O)O)C(=O)[C@H](Cc1ccccc1)NC(=O)[C@@H](N)Cc1ccccc1. The van der Waals surface area contributed by atoms with Crippen LogP contribution in [-0.2, 0) is 37.2 Å². The summed E-state index contributed by atoms with van der Waals surface area (Å²) in [7, 11) is -4.00. The summed E-state index contributed by atoms with van der Waals surface area (Å²) >= 11 is 0. The van der Waals surface area contributed by atoms with Gasteiger partial charge in [0.1, 0.15) is 0 Å². The molecule has 0 bridgehead atoms. The predicted octanol–water partition coefficient (Wildman–Crippen LogP) is 0.732. The number of Topliss-reactive ketones (excluding diaryl/α,β-unsaturated/α-hetero) is 1. The first kappa shape index (κ1) is 25.5. The number of hydrogen-bond donors (Lipinski definition) is 3. The van der Waals surface area contributed by atoms with Crippen molar-refractivity contribution in [3.63, 3.8) is 0 Å². The Bertz CT molecular complexity index is 1140. The average molecular weight is 488 g/mol. The lowest BCUT2D eigenvalue weighted by atomic mass is 9.85. The van der Waals surface area contributed by atoms with Crippen LogP contribution in [0.3, 0.4) is 0 Å². The van der Waals surface area contributed by atoms with Crippen molar-refractivity contribution in [1.29, 1.82) is 0 Å². The molecule has 4 N–H and O–H groups in total. The van der Waals surface area contributed by atoms with Gasteiger partial charge in [0.15, 0.2) is 11.3 Å². The number of nitrogens with zero attached hydrogens (tertiary/aromatic N) is 1. The third kappa shape index (κ3) is 5.52. The molecule has 3 atom stereocenters. The summed E-state index contributed by atoms with van der Waals surface area (Å²) in [5, 5.41) is 12.7. The van der Waals surface area contributed by atoms with E-state index in [0.29, 0.717) is 5.56 Å². The van der Waals surface area contributed by atoms with Crippen LogP contribution in [0.15, 0.2) is 60.7 Å². The highest BCUT2D eigenvalue weighted by molar-refractivity contribution is 7.88. The zero-order valence-corrected chi connectivity index (χ0v) is 19.7. The summed E-state index contributed by atoms with van der Waals surface area (Å²) in [6.45, 7) is -0.0869. The number of benzene rings is 2. The molecule has 3 rings (SSSR count). The van der Waals surface area contributed by atoms with E-state index < -0.39 is 45.3 Å². The molecule has 1 fully saturated rings. The Kier molecular flexibility index (Phi) is 7.86. The highest BCUT2D eigenvalue weighted by atomic mass is 32.2. The fourth-order valence-electron chi connectivity index (χ4n) is 4.39. The van der Waals surface area contributed by atoms with Crippen LogP contribution in [0.5, 0.6) is 0 Å². The zero-order chi connectivity index (χ0) is 24.9. The molecule has 0 aliphatic carbocycles. The van der Waals surface area contributed by atoms with E-state index in [1.165, 1.54) is 0 Å². The highest BCUT2D eigenvalue weighted by Gasteiger charge is 2.59. The largest absolute Gasteiger partial charge is 0.480 e. The molecule has 10 heteroatoms. The summed E-state index contributed by atoms with van der Waals surface area (Å²) in [6, 6.07) is 15.6. The van der Waals surface area contributed by atoms with E-state index in [-0.39, 0.29) is 32.2 Å². The Hall–Kier alpha value is -3.08. The molecule has 1 heterocycles. The summed E-state index contributed by atoms with van der Waals surface area (Å²) < 4.78 is 25.5. The fourth-order valence-corrected chi connectivity index (χ4v) is 5.68. The van der Waals surface area contributed by atoms with E-state index in [9.17, 15) is 27.9 Å². The molecule has 0 aromatic heterocycles. The Labute approximate surface area is 199 Å². The fraction of sp³-hybridized carbons (Fsp3) is 0.375. The molecule has 9 nitrogen and oxygen atoms in total. The number of aliphatic carboxylic acids is 1. The summed E-state index contributed by atoms with van der Waals surface area (Å²) in [5.74, 6) is -3.06. The van der Waals surface area contributed by atoms with E-state index in [4.69, 9.17) is 5.73 Å². The van der Waals surface area contributed by atoms with E-state index in [0.717, 1.165) is 16.1 Å². The number of nitrogens with one attached hydrogen (secondary N) is 1. The Morgan fingerprint density at radius 2 is 1.56 bits per heavy atom. The number of carboxylic acid groups (broad SMARTS) is 1. The highest BCUT2D eigenvalue weighted by Crippen LogP contribution is 2.34. The second-order valence-corrected chi connectivity index (χ2v) is 10.4. The molecule has 1 amide bonds. The monoisotopic (exact) mass is 487 g/mol. The van der Waals surface area contributed by atoms with E-state index in [2.05, 4.69) is 5.32 Å². The summed E-state index contributed by atoms with van der Waals surface area (Å²) in [4.78, 5) is 39.1. The Balaban J connectivity index is 1.92. The molecule has 2 aromatic carbocycles. The molecular formula is C24H29N3O6S. The van der Waals surface area contributed by atoms with E-state index in [1.54, 1.807) is 30.3 Å². The maximum atomic E-state index is 13.7. The Morgan fingerprint density at radius 3 is 2.06 bits per heavy atom. The standard InChI is InChI=1S/C24H29N3O6S/c1-34(32,33)27-14-8-13-24(27,23(30)31)21(28)20(16-18-11-6-3-7-12-18)26-22(29)19(25)15-17-9-4-2-5-10-17/h2-7,9-12,19-20H,8,13-16,25H2,1H3,(H,26,29)(H,30,31)/t19-,20-,24+/m0/s1. The number of carbonyl (C=O) groups excluding carboxylic acids is 2. The lowest BCUT2D eigenvalue weighted by Crippen LogP contribution is -2.64. The van der Waals surface area contributed by atoms with Crippen LogP contribution >= 0.6 is 0 Å². The number of hydrogen-bond acceptors (Lipinski definition) is 6. The number of ketones is 1. The third-order valence-corrected chi connectivity index (χ3v) is 7.33. The molecular weight excluding hydrogens is 458 g/mol. The normalized spacial score (nSPS) is 20.4. The van der Waals surface area contributed by atoms with Crippen molar-refractivity contribution in [1.82, 2.24) is 9.62 Å². The quantitative estimate of drug-likeness (QED) is 0.419. The molecule has 34 heavy (non-hydrogen) atoms. The van der Waals surface area contributed by atoms with Crippen molar-refractivity contribution in [3.8, 4) is 0 Å². The minimum Gasteiger partial charge on any atom is -0.480 e. The first-order valence-corrected chi connectivity index (χ1v) is 12.8. The number of nitrogens with two attached hydrogens (primary N) is 1. The van der Waals surface area contributed by atoms with Crippen molar-refractivity contribution in [2.24, 2.45) is 5.73 Å². The first-order valence-electron chi connectivity index (χ1n) is 10.9. The molecule has 1 aliphatic rings. The van der Waals surface area contributed by atoms with Crippen LogP contribution in [-0.4, -0.2) is 65.9 Å². The molecule has 0 unspecified atom stereocenters. The van der Waals surface area contributed by atoms with Crippen molar-refractivity contribution >= 4 is 27.7 Å². The van der Waals surface area contributed by atoms with Gasteiger partial charge < -0.3 is 16.2 Å². The van der Waals surface area contributed by atoms with E-state index >= 15 is 0 Å². The molecule has 0 radical (unpaired) electrons. The third-order valence-electron chi connectivity index (χ3n) is 6.04. The van der Waals surface area contributed by atoms with Crippen molar-refractivity contribution < 1.29 is 27.9 Å². The van der Waals surface area contributed by atoms with Gasteiger partial charge in [0.05, 0.1) is 18.3 Å². The molecule has 2 aromatic rings. The lowest BCUT2D eigenvalue weighted by Gasteiger charge is -2.34. The topological polar surface area (TPSA) is 147 Å². The van der Waals surface area contributed by atoms with Gasteiger partial charge in [0, 0.05) is 6.54 Å². The van der Waals surface area contributed by atoms with Gasteiger partial charge in [-0.2, -0.15) is 4.31 Å². The maximum Gasteiger partial charge on any atom is 0.332 e. The van der Waals surface area contributed by atoms with E-state index in [1.807, 2.05) is 30.3 Å². The number of sulfonamides is 1. The second-order valence-electron chi connectivity index (χ2n) is 8.52. The predicted molar refractivity (Wildman–Crippen MR) is 126 cm³/mol. The minimum absolute atomic E-state index is 0.00387. The van der Waals surface area contributed by atoms with Crippen LogP contribution in [0.2, 0.25) is 0 Å². The van der Waals surface area contributed by atoms with Gasteiger partial charge in [-0.1, -0.05) is 60.7 Å². The smallest absolute Gasteiger partial charge is 0.332 e. The maximum absolute atomic E-state index is 13.7. The van der Waals surface area contributed by atoms with Crippen LogP contribution in [0, 0.1) is 0 Å². The van der Waals surface area contributed by atoms with Gasteiger partial charge in [0.25, 0.3) is 0 Å². The van der Waals surface area contributed by atoms with Crippen LogP contribution in [0.4, 0.5) is 0 Å². The summed E-state index contributed by atoms with van der Waals surface area (Å²) in [5.41, 5.74) is 5.31. The lowest BCUT2D eigenvalue weighted by molar-refractivity contribution is -0.154. The van der Waals surface area contributed by atoms with Crippen molar-refractivity contribution in [3.05, 3.63) is 71.8 Å². The van der Waals surface area contributed by atoms with Crippen molar-refractivity contribution in [2.75, 3.05) is 12.8 Å². The van der Waals surface area contributed by atoms with Gasteiger partial charge in [-0.05, 0) is 36.8 Å². The number of rotatable bonds is 10. The number of carboxylic acids is 1. The first-order chi connectivity index (χ1) is 16.1. The van der Waals surface area contributed by atoms with Crippen LogP contribution in [0.25, 0.3) is 0 Å². The van der Waals surface area contributed by atoms with Gasteiger partial charge in [-0.15, -0.1) is 0 Å². The van der Waals surface area contributed by atoms with Crippen molar-refractivity contribution in [2.45, 2.75) is 43.3 Å². The Morgan fingerprint density at radius 1 is 1.03 bits per heavy atom. The average Bonchev–Trinajstić information content (AvgIpc) is 3.26. The van der Waals surface area contributed by atoms with Crippen LogP contribution < -0.4 is 11.1 Å². The summed E-state index contributed by atoms with van der Waals surface area (Å²) in [6.07, 6.45) is 1.13. The van der Waals surface area contributed by atoms with Gasteiger partial charge in [-0.3, -0.25) is 9.59 Å². The van der Waals surface area contributed by atoms with Crippen LogP contribution in [0.1, 0.15) is 24.0 Å². The van der Waals surface area contributed by atoms with Gasteiger partial charge in [-0.25, -0.2) is 13.2 Å². The molecule has 182 valence electrons. The van der Waals surface area contributed by atoms with Gasteiger partial charge in [0.2, 0.25) is 15.9 Å². The molecule has 0 spiro atoms. The molecule has 0 saturated carbocycles. The minimum atomic E-state index is -4.00. The number of carbonyl (C=O) groups is 3. The molecule has 1 saturated heterocycles. The molecule has 1 aliphatic heterocycles. The zero-order valence-electron chi connectivity index (χ0n) is 18.9.